The number of nitrogens with zero attached hydrogens (tertiary/aromatic N) is 2. The molecule has 1 fully saturated rings. The molecular weight excluding hydrogens is 364 g/mol. The fraction of sp³-hybridized carbons (Fsp3) is 0.450. The van der Waals surface area contributed by atoms with Crippen LogP contribution in [-0.4, -0.2) is 31.7 Å². The minimum Gasteiger partial charge on any atom is -0.468 e. The first-order valence-corrected chi connectivity index (χ1v) is 10.8. The van der Waals surface area contributed by atoms with Crippen molar-refractivity contribution in [3.63, 3.8) is 0 Å². The highest BCUT2D eigenvalue weighted by molar-refractivity contribution is 7.89. The predicted octanol–water partition coefficient (Wildman–Crippen LogP) is 3.18. The number of benzene rings is 1. The summed E-state index contributed by atoms with van der Waals surface area (Å²) in [6.07, 6.45) is 5.24. The Morgan fingerprint density at radius 2 is 2.07 bits per heavy atom. The number of sulfonamides is 1. The summed E-state index contributed by atoms with van der Waals surface area (Å²) in [5.74, 6) is 0.896. The van der Waals surface area contributed by atoms with Gasteiger partial charge in [0.1, 0.15) is 5.76 Å². The molecule has 2 aromatic rings. The predicted molar refractivity (Wildman–Crippen MR) is 102 cm³/mol. The van der Waals surface area contributed by atoms with E-state index in [0.717, 1.165) is 30.5 Å². The van der Waals surface area contributed by atoms with Crippen LogP contribution in [0, 0.1) is 5.92 Å². The summed E-state index contributed by atoms with van der Waals surface area (Å²) in [5.41, 5.74) is 1.77. The van der Waals surface area contributed by atoms with Crippen molar-refractivity contribution in [2.75, 3.05) is 11.9 Å². The van der Waals surface area contributed by atoms with E-state index in [9.17, 15) is 13.2 Å². The Hall–Kier alpha value is -2.12. The largest absolute Gasteiger partial charge is 0.468 e. The van der Waals surface area contributed by atoms with Crippen LogP contribution in [-0.2, 0) is 27.8 Å². The Balaban J connectivity index is 1.59. The first-order valence-electron chi connectivity index (χ1n) is 9.32. The average Bonchev–Trinajstić information content (AvgIpc) is 3.18. The van der Waals surface area contributed by atoms with Gasteiger partial charge in [0, 0.05) is 24.7 Å². The maximum absolute atomic E-state index is 12.9. The van der Waals surface area contributed by atoms with Crippen molar-refractivity contribution in [2.45, 2.75) is 50.1 Å². The Kier molecular flexibility index (Phi) is 4.60. The first-order chi connectivity index (χ1) is 12.9. The van der Waals surface area contributed by atoms with Gasteiger partial charge in [-0.25, -0.2) is 8.42 Å². The van der Waals surface area contributed by atoms with Crippen molar-refractivity contribution in [2.24, 2.45) is 5.92 Å². The molecule has 2 heterocycles. The zero-order chi connectivity index (χ0) is 19.2. The van der Waals surface area contributed by atoms with E-state index >= 15 is 0 Å². The maximum atomic E-state index is 12.9. The number of carbonyl (C=O) groups excluding carboxylic acids is 1. The van der Waals surface area contributed by atoms with Crippen LogP contribution in [0.1, 0.15) is 37.5 Å². The van der Waals surface area contributed by atoms with E-state index in [1.807, 2.05) is 11.8 Å². The molecule has 144 valence electrons. The Morgan fingerprint density at radius 1 is 1.30 bits per heavy atom. The Labute approximate surface area is 159 Å². The number of hydrogen-bond donors (Lipinski definition) is 0. The number of carbonyl (C=O) groups is 1. The summed E-state index contributed by atoms with van der Waals surface area (Å²) in [4.78, 5) is 14.9. The zero-order valence-electron chi connectivity index (χ0n) is 15.6. The Bertz CT molecular complexity index is 948. The average molecular weight is 388 g/mol. The summed E-state index contributed by atoms with van der Waals surface area (Å²) >= 11 is 0. The monoisotopic (exact) mass is 388 g/mol. The van der Waals surface area contributed by atoms with Crippen LogP contribution in [0.2, 0.25) is 0 Å². The van der Waals surface area contributed by atoms with Crippen molar-refractivity contribution in [1.82, 2.24) is 4.31 Å². The lowest BCUT2D eigenvalue weighted by Crippen LogP contribution is -2.42. The van der Waals surface area contributed by atoms with Gasteiger partial charge in [-0.05, 0) is 62.1 Å². The van der Waals surface area contributed by atoms with Crippen molar-refractivity contribution in [3.05, 3.63) is 47.9 Å². The molecule has 1 amide bonds. The molecule has 27 heavy (non-hydrogen) atoms. The SMILES string of the molecule is C[C@@H]1Cc2cc(S(=O)(=O)N(C)Cc3ccco3)ccc2N1C(=O)C1CCC1. The van der Waals surface area contributed by atoms with Crippen LogP contribution < -0.4 is 4.90 Å². The van der Waals surface area contributed by atoms with Crippen molar-refractivity contribution < 1.29 is 17.6 Å². The van der Waals surface area contributed by atoms with E-state index in [4.69, 9.17) is 4.42 Å². The zero-order valence-corrected chi connectivity index (χ0v) is 16.4. The van der Waals surface area contributed by atoms with Gasteiger partial charge in [0.25, 0.3) is 0 Å². The van der Waals surface area contributed by atoms with Crippen LogP contribution in [0.5, 0.6) is 0 Å². The number of anilines is 1. The highest BCUT2D eigenvalue weighted by Gasteiger charge is 2.37. The van der Waals surface area contributed by atoms with Gasteiger partial charge in [0.2, 0.25) is 15.9 Å². The van der Waals surface area contributed by atoms with Crippen LogP contribution in [0.25, 0.3) is 0 Å². The summed E-state index contributed by atoms with van der Waals surface area (Å²) in [6, 6.07) is 8.65. The van der Waals surface area contributed by atoms with Crippen molar-refractivity contribution in [3.8, 4) is 0 Å². The molecule has 0 radical (unpaired) electrons. The van der Waals surface area contributed by atoms with Gasteiger partial charge in [-0.1, -0.05) is 6.42 Å². The topological polar surface area (TPSA) is 70.8 Å². The molecular formula is C20H24N2O4S. The standard InChI is InChI=1S/C20H24N2O4S/c1-14-11-16-12-18(27(24,25)21(2)13-17-7-4-10-26-17)8-9-19(16)22(14)20(23)15-5-3-6-15/h4,7-10,12,14-15H,3,5-6,11,13H2,1-2H3/t14-/m1/s1. The van der Waals surface area contributed by atoms with Gasteiger partial charge < -0.3 is 9.32 Å². The fourth-order valence-electron chi connectivity index (χ4n) is 3.84. The number of rotatable bonds is 5. The third kappa shape index (κ3) is 3.19. The quantitative estimate of drug-likeness (QED) is 0.789. The molecule has 1 aromatic heterocycles. The second-order valence-corrected chi connectivity index (χ2v) is 9.57. The molecule has 1 atom stereocenters. The first kappa shape index (κ1) is 18.3. The van der Waals surface area contributed by atoms with Gasteiger partial charge in [0.05, 0.1) is 17.7 Å². The minimum absolute atomic E-state index is 0.0619. The molecule has 1 aliphatic heterocycles. The third-order valence-electron chi connectivity index (χ3n) is 5.63. The highest BCUT2D eigenvalue weighted by Crippen LogP contribution is 2.38. The van der Waals surface area contributed by atoms with E-state index in [-0.39, 0.29) is 29.3 Å². The molecule has 2 aliphatic rings. The smallest absolute Gasteiger partial charge is 0.243 e. The normalized spacial score (nSPS) is 20.0. The molecule has 4 rings (SSSR count). The van der Waals surface area contributed by atoms with Crippen LogP contribution in [0.3, 0.4) is 0 Å². The Morgan fingerprint density at radius 3 is 2.70 bits per heavy atom. The molecule has 6 nitrogen and oxygen atoms in total. The molecule has 0 N–H and O–H groups in total. The summed E-state index contributed by atoms with van der Waals surface area (Å²) < 4.78 is 32.4. The van der Waals surface area contributed by atoms with E-state index in [0.29, 0.717) is 12.2 Å². The van der Waals surface area contributed by atoms with Crippen molar-refractivity contribution in [1.29, 1.82) is 0 Å². The van der Waals surface area contributed by atoms with E-state index < -0.39 is 10.0 Å². The number of amides is 1. The molecule has 0 bridgehead atoms. The highest BCUT2D eigenvalue weighted by atomic mass is 32.2. The lowest BCUT2D eigenvalue weighted by molar-refractivity contribution is -0.125. The third-order valence-corrected chi connectivity index (χ3v) is 7.42. The van der Waals surface area contributed by atoms with Gasteiger partial charge in [-0.2, -0.15) is 4.31 Å². The maximum Gasteiger partial charge on any atom is 0.243 e. The lowest BCUT2D eigenvalue weighted by atomic mass is 9.84. The summed E-state index contributed by atoms with van der Waals surface area (Å²) in [5, 5.41) is 0. The van der Waals surface area contributed by atoms with Crippen LogP contribution >= 0.6 is 0 Å². The molecule has 1 saturated carbocycles. The number of fused-ring (bicyclic) bond motifs is 1. The van der Waals surface area contributed by atoms with E-state index in [1.165, 1.54) is 10.6 Å². The minimum atomic E-state index is -3.63. The molecule has 0 saturated heterocycles. The van der Waals surface area contributed by atoms with Gasteiger partial charge >= 0.3 is 0 Å². The van der Waals surface area contributed by atoms with Crippen LogP contribution in [0.15, 0.2) is 45.9 Å². The van der Waals surface area contributed by atoms with E-state index in [2.05, 4.69) is 0 Å². The second kappa shape index (κ2) is 6.80. The molecule has 7 heteroatoms. The van der Waals surface area contributed by atoms with E-state index in [1.54, 1.807) is 37.4 Å². The van der Waals surface area contributed by atoms with Gasteiger partial charge in [-0.3, -0.25) is 4.79 Å². The van der Waals surface area contributed by atoms with Gasteiger partial charge in [-0.15, -0.1) is 0 Å². The molecule has 0 unspecified atom stereocenters. The molecule has 0 spiro atoms. The number of furan rings is 1. The molecule has 1 aliphatic carbocycles. The number of hydrogen-bond acceptors (Lipinski definition) is 4. The summed E-state index contributed by atoms with van der Waals surface area (Å²) in [6.45, 7) is 2.20. The van der Waals surface area contributed by atoms with Crippen molar-refractivity contribution >= 4 is 21.6 Å². The summed E-state index contributed by atoms with van der Waals surface area (Å²) in [7, 11) is -2.09. The fourth-order valence-corrected chi connectivity index (χ4v) is 5.03. The lowest BCUT2D eigenvalue weighted by Gasteiger charge is -2.32. The molecule has 1 aromatic carbocycles. The second-order valence-electron chi connectivity index (χ2n) is 7.52. The van der Waals surface area contributed by atoms with Gasteiger partial charge in [0.15, 0.2) is 0 Å². The van der Waals surface area contributed by atoms with Crippen LogP contribution in [0.4, 0.5) is 5.69 Å².